The van der Waals surface area contributed by atoms with Gasteiger partial charge in [0.15, 0.2) is 0 Å². The minimum absolute atomic E-state index is 0.0694. The van der Waals surface area contributed by atoms with Crippen molar-refractivity contribution in [2.75, 3.05) is 0 Å². The van der Waals surface area contributed by atoms with E-state index < -0.39 is 10.7 Å². The first kappa shape index (κ1) is 4.12. The summed E-state index contributed by atoms with van der Waals surface area (Å²) in [6.07, 6.45) is 2.55. The molecule has 1 atom stereocenters. The number of rotatable bonds is 1. The molecule has 1 saturated carbocycles. The molecule has 1 aliphatic rings. The molecule has 0 aromatic carbocycles. The molecule has 35 valence electrons. The van der Waals surface area contributed by atoms with Gasteiger partial charge in [-0.25, -0.2) is 8.42 Å². The maximum atomic E-state index is 9.77. The third-order valence-corrected chi connectivity index (χ3v) is 1.68. The lowest BCUT2D eigenvalue weighted by atomic mass is 11.0. The molecular formula is C3H5O2S. The normalized spacial score (nSPS) is 22.2. The second kappa shape index (κ2) is 1.22. The van der Waals surface area contributed by atoms with Crippen LogP contribution in [0.3, 0.4) is 0 Å². The quantitative estimate of drug-likeness (QED) is 0.459. The van der Waals surface area contributed by atoms with Gasteiger partial charge in [-0.2, -0.15) is 0 Å². The Hall–Kier alpha value is -0.0500. The Morgan fingerprint density at radius 2 is 2.17 bits per heavy atom. The van der Waals surface area contributed by atoms with Gasteiger partial charge in [-0.1, -0.05) is 0 Å². The Kier molecular flexibility index (Phi) is 0.839. The van der Waals surface area contributed by atoms with E-state index in [4.69, 9.17) is 0 Å². The van der Waals surface area contributed by atoms with Crippen LogP contribution in [0.25, 0.3) is 0 Å². The van der Waals surface area contributed by atoms with Crippen molar-refractivity contribution in [3.8, 4) is 0 Å². The number of hydrogen-bond acceptors (Lipinski definition) is 2. The molecule has 1 rings (SSSR count). The predicted molar refractivity (Wildman–Crippen MR) is 23.0 cm³/mol. The Balaban J connectivity index is 2.52. The highest BCUT2D eigenvalue weighted by molar-refractivity contribution is 7.73. The molecule has 0 N–H and O–H groups in total. The highest BCUT2D eigenvalue weighted by atomic mass is 32.2. The van der Waals surface area contributed by atoms with Crippen LogP contribution in [0.2, 0.25) is 0 Å². The first-order valence-corrected chi connectivity index (χ1v) is 3.02. The number of thiol groups is 1. The monoisotopic (exact) mass is 105 g/mol. The van der Waals surface area contributed by atoms with Crippen molar-refractivity contribution < 1.29 is 8.42 Å². The van der Waals surface area contributed by atoms with E-state index in [9.17, 15) is 8.42 Å². The van der Waals surface area contributed by atoms with Gasteiger partial charge in [0.25, 0.3) is 0 Å². The molecule has 0 saturated heterocycles. The molecule has 1 fully saturated rings. The van der Waals surface area contributed by atoms with Gasteiger partial charge in [0.05, 0.1) is 5.25 Å². The molecule has 6 heavy (non-hydrogen) atoms. The standard InChI is InChI=1S/C3H5O2S/c4-6(5)3-1-2-3/h1,3,6H,2H2. The van der Waals surface area contributed by atoms with Gasteiger partial charge < -0.3 is 0 Å². The molecule has 2 nitrogen and oxygen atoms in total. The summed E-state index contributed by atoms with van der Waals surface area (Å²) in [6, 6.07) is 0. The summed E-state index contributed by atoms with van der Waals surface area (Å²) >= 11 is 0. The fraction of sp³-hybridized carbons (Fsp3) is 0.667. The van der Waals surface area contributed by atoms with Gasteiger partial charge >= 0.3 is 0 Å². The van der Waals surface area contributed by atoms with Crippen LogP contribution in [-0.4, -0.2) is 13.7 Å². The van der Waals surface area contributed by atoms with E-state index >= 15 is 0 Å². The molecular weight excluding hydrogens is 100 g/mol. The Labute approximate surface area is 38.1 Å². The fourth-order valence-electron chi connectivity index (χ4n) is 0.233. The van der Waals surface area contributed by atoms with Gasteiger partial charge in [-0.3, -0.25) is 0 Å². The van der Waals surface area contributed by atoms with E-state index in [1.165, 1.54) is 0 Å². The minimum Gasteiger partial charge on any atom is -0.232 e. The van der Waals surface area contributed by atoms with Crippen molar-refractivity contribution in [1.82, 2.24) is 0 Å². The number of hydrogen-bond donors (Lipinski definition) is 1. The third kappa shape index (κ3) is 0.712. The van der Waals surface area contributed by atoms with E-state index in [1.54, 1.807) is 6.42 Å². The molecule has 0 amide bonds. The zero-order chi connectivity index (χ0) is 4.57. The fourth-order valence-corrected chi connectivity index (χ4v) is 0.699. The molecule has 0 aromatic rings. The summed E-state index contributed by atoms with van der Waals surface area (Å²) in [4.78, 5) is 0. The van der Waals surface area contributed by atoms with Gasteiger partial charge in [0.2, 0.25) is 0 Å². The van der Waals surface area contributed by atoms with E-state index in [-0.39, 0.29) is 5.25 Å². The average molecular weight is 105 g/mol. The van der Waals surface area contributed by atoms with Gasteiger partial charge in [-0.05, 0) is 12.8 Å². The second-order valence-corrected chi connectivity index (χ2v) is 2.56. The van der Waals surface area contributed by atoms with Crippen molar-refractivity contribution in [3.05, 3.63) is 6.42 Å². The van der Waals surface area contributed by atoms with Gasteiger partial charge in [0.1, 0.15) is 10.7 Å². The molecule has 1 radical (unpaired) electrons. The van der Waals surface area contributed by atoms with Crippen molar-refractivity contribution in [2.24, 2.45) is 0 Å². The largest absolute Gasteiger partial charge is 0.232 e. The Morgan fingerprint density at radius 1 is 1.67 bits per heavy atom. The lowest BCUT2D eigenvalue weighted by molar-refractivity contribution is 0.614. The molecule has 0 bridgehead atoms. The summed E-state index contributed by atoms with van der Waals surface area (Å²) < 4.78 is 19.5. The SMILES string of the molecule is O=[SH](=O)C1[CH]C1. The molecule has 0 spiro atoms. The van der Waals surface area contributed by atoms with Crippen LogP contribution in [0, 0.1) is 6.42 Å². The molecule has 1 aliphatic carbocycles. The second-order valence-electron chi connectivity index (χ2n) is 1.32. The molecule has 0 aliphatic heterocycles. The Bertz CT molecular complexity index is 104. The summed E-state index contributed by atoms with van der Waals surface area (Å²) in [7, 11) is -2.10. The van der Waals surface area contributed by atoms with Gasteiger partial charge in [-0.15, -0.1) is 0 Å². The minimum atomic E-state index is -2.10. The van der Waals surface area contributed by atoms with Crippen molar-refractivity contribution in [3.63, 3.8) is 0 Å². The highest BCUT2D eigenvalue weighted by Gasteiger charge is 2.24. The summed E-state index contributed by atoms with van der Waals surface area (Å²) in [5, 5.41) is -0.0694. The predicted octanol–water partition coefficient (Wildman–Crippen LogP) is -0.426. The molecule has 3 heteroatoms. The molecule has 0 heterocycles. The zero-order valence-electron chi connectivity index (χ0n) is 3.13. The van der Waals surface area contributed by atoms with Crippen LogP contribution >= 0.6 is 0 Å². The summed E-state index contributed by atoms with van der Waals surface area (Å²) in [6.45, 7) is 0. The van der Waals surface area contributed by atoms with E-state index in [0.29, 0.717) is 0 Å². The van der Waals surface area contributed by atoms with Crippen LogP contribution < -0.4 is 0 Å². The van der Waals surface area contributed by atoms with E-state index in [0.717, 1.165) is 6.42 Å². The van der Waals surface area contributed by atoms with Crippen molar-refractivity contribution >= 4 is 10.7 Å². The smallest absolute Gasteiger partial charge is 0.143 e. The van der Waals surface area contributed by atoms with E-state index in [2.05, 4.69) is 0 Å². The van der Waals surface area contributed by atoms with Crippen LogP contribution in [0.5, 0.6) is 0 Å². The maximum Gasteiger partial charge on any atom is 0.143 e. The van der Waals surface area contributed by atoms with E-state index in [1.807, 2.05) is 0 Å². The molecule has 1 unspecified atom stereocenters. The maximum absolute atomic E-state index is 9.77. The van der Waals surface area contributed by atoms with Crippen LogP contribution in [0.4, 0.5) is 0 Å². The van der Waals surface area contributed by atoms with Crippen LogP contribution in [-0.2, 0) is 10.7 Å². The summed E-state index contributed by atoms with van der Waals surface area (Å²) in [5.41, 5.74) is 0. The third-order valence-electron chi connectivity index (χ3n) is 0.717. The lowest BCUT2D eigenvalue weighted by Gasteiger charge is -1.64. The van der Waals surface area contributed by atoms with Crippen molar-refractivity contribution in [2.45, 2.75) is 11.7 Å². The average Bonchev–Trinajstić information content (AvgIpc) is 2.06. The van der Waals surface area contributed by atoms with Crippen molar-refractivity contribution in [1.29, 1.82) is 0 Å². The highest BCUT2D eigenvalue weighted by Crippen LogP contribution is 2.20. The summed E-state index contributed by atoms with van der Waals surface area (Å²) in [5.74, 6) is 0. The molecule has 0 aromatic heterocycles. The topological polar surface area (TPSA) is 34.1 Å². The Morgan fingerprint density at radius 3 is 2.17 bits per heavy atom. The first-order chi connectivity index (χ1) is 2.80. The van der Waals surface area contributed by atoms with Crippen LogP contribution in [0.1, 0.15) is 6.42 Å². The van der Waals surface area contributed by atoms with Gasteiger partial charge in [0, 0.05) is 0 Å². The van der Waals surface area contributed by atoms with Crippen LogP contribution in [0.15, 0.2) is 0 Å². The lowest BCUT2D eigenvalue weighted by Crippen LogP contribution is -1.79. The first-order valence-electron chi connectivity index (χ1n) is 1.77. The zero-order valence-corrected chi connectivity index (χ0v) is 4.02.